The van der Waals surface area contributed by atoms with Crippen LogP contribution in [-0.4, -0.2) is 44.2 Å². The van der Waals surface area contributed by atoms with Crippen molar-refractivity contribution >= 4 is 5.97 Å². The number of carbonyl (C=O) groups is 1. The minimum atomic E-state index is -0.282. The van der Waals surface area contributed by atoms with Crippen LogP contribution in [0.5, 0.6) is 0 Å². The van der Waals surface area contributed by atoms with E-state index < -0.39 is 0 Å². The van der Waals surface area contributed by atoms with Gasteiger partial charge in [0.1, 0.15) is 0 Å². The fraction of sp³-hybridized carbons (Fsp3) is 0.500. The summed E-state index contributed by atoms with van der Waals surface area (Å²) >= 11 is 0. The van der Waals surface area contributed by atoms with E-state index in [1.165, 1.54) is 12.7 Å². The van der Waals surface area contributed by atoms with Crippen LogP contribution in [0.1, 0.15) is 28.9 Å². The van der Waals surface area contributed by atoms with Gasteiger partial charge in [0.25, 0.3) is 0 Å². The normalized spacial score (nSPS) is 20.7. The maximum Gasteiger partial charge on any atom is 0.337 e. The number of ether oxygens (including phenoxy) is 1. The molecule has 1 aromatic rings. The standard InChI is InChI=1S/C14H20N2O2/c1-3-16-9-8-15-10-13(16)11-4-6-12(7-5-11)14(17)18-2/h4-7,13,15H,3,8-10H2,1-2H3. The Labute approximate surface area is 108 Å². The summed E-state index contributed by atoms with van der Waals surface area (Å²) in [5.74, 6) is -0.282. The third-order valence-electron chi connectivity index (χ3n) is 3.48. The van der Waals surface area contributed by atoms with E-state index in [0.29, 0.717) is 11.6 Å². The molecular weight excluding hydrogens is 228 g/mol. The first-order valence-corrected chi connectivity index (χ1v) is 6.39. The van der Waals surface area contributed by atoms with Crippen molar-refractivity contribution in [2.75, 3.05) is 33.3 Å². The fourth-order valence-electron chi connectivity index (χ4n) is 2.41. The summed E-state index contributed by atoms with van der Waals surface area (Å²) in [5, 5.41) is 3.41. The molecule has 1 saturated heterocycles. The Morgan fingerprint density at radius 3 is 2.78 bits per heavy atom. The first kappa shape index (κ1) is 13.1. The lowest BCUT2D eigenvalue weighted by molar-refractivity contribution is 0.0600. The van der Waals surface area contributed by atoms with Gasteiger partial charge in [-0.15, -0.1) is 0 Å². The van der Waals surface area contributed by atoms with Gasteiger partial charge in [-0.25, -0.2) is 4.79 Å². The van der Waals surface area contributed by atoms with Crippen LogP contribution in [0.2, 0.25) is 0 Å². The predicted molar refractivity (Wildman–Crippen MR) is 70.6 cm³/mol. The van der Waals surface area contributed by atoms with E-state index >= 15 is 0 Å². The Bertz CT molecular complexity index is 403. The third-order valence-corrected chi connectivity index (χ3v) is 3.48. The van der Waals surface area contributed by atoms with Gasteiger partial charge in [0.05, 0.1) is 12.7 Å². The topological polar surface area (TPSA) is 41.6 Å². The lowest BCUT2D eigenvalue weighted by Gasteiger charge is -2.35. The molecule has 0 radical (unpaired) electrons. The Morgan fingerprint density at radius 2 is 2.17 bits per heavy atom. The lowest BCUT2D eigenvalue weighted by Crippen LogP contribution is -2.45. The Balaban J connectivity index is 2.15. The molecule has 4 heteroatoms. The number of carbonyl (C=O) groups excluding carboxylic acids is 1. The van der Waals surface area contributed by atoms with Crippen molar-refractivity contribution in [1.29, 1.82) is 0 Å². The molecule has 0 aromatic heterocycles. The molecule has 0 saturated carbocycles. The number of benzene rings is 1. The molecule has 1 unspecified atom stereocenters. The average Bonchev–Trinajstić information content (AvgIpc) is 2.46. The summed E-state index contributed by atoms with van der Waals surface area (Å²) in [5.41, 5.74) is 1.85. The van der Waals surface area contributed by atoms with Crippen molar-refractivity contribution in [2.24, 2.45) is 0 Å². The maximum absolute atomic E-state index is 11.4. The highest BCUT2D eigenvalue weighted by atomic mass is 16.5. The van der Waals surface area contributed by atoms with Crippen molar-refractivity contribution < 1.29 is 9.53 Å². The van der Waals surface area contributed by atoms with E-state index in [1.807, 2.05) is 24.3 Å². The summed E-state index contributed by atoms with van der Waals surface area (Å²) in [6.45, 7) is 6.31. The van der Waals surface area contributed by atoms with Gasteiger partial charge >= 0.3 is 5.97 Å². The van der Waals surface area contributed by atoms with Crippen molar-refractivity contribution in [3.8, 4) is 0 Å². The third kappa shape index (κ3) is 2.71. The zero-order chi connectivity index (χ0) is 13.0. The monoisotopic (exact) mass is 248 g/mol. The first-order chi connectivity index (χ1) is 8.76. The number of hydrogen-bond acceptors (Lipinski definition) is 4. The average molecular weight is 248 g/mol. The number of methoxy groups -OCH3 is 1. The van der Waals surface area contributed by atoms with Crippen LogP contribution < -0.4 is 5.32 Å². The summed E-state index contributed by atoms with van der Waals surface area (Å²) in [6, 6.07) is 8.11. The highest BCUT2D eigenvalue weighted by molar-refractivity contribution is 5.89. The summed E-state index contributed by atoms with van der Waals surface area (Å²) in [7, 11) is 1.40. The van der Waals surface area contributed by atoms with E-state index in [1.54, 1.807) is 0 Å². The molecule has 1 aromatic carbocycles. The van der Waals surface area contributed by atoms with E-state index in [-0.39, 0.29) is 5.97 Å². The van der Waals surface area contributed by atoms with Crippen LogP contribution >= 0.6 is 0 Å². The molecule has 0 spiro atoms. The molecule has 1 heterocycles. The summed E-state index contributed by atoms with van der Waals surface area (Å²) in [4.78, 5) is 13.8. The Kier molecular flexibility index (Phi) is 4.33. The van der Waals surface area contributed by atoms with Gasteiger partial charge in [-0.2, -0.15) is 0 Å². The molecule has 18 heavy (non-hydrogen) atoms. The van der Waals surface area contributed by atoms with Crippen molar-refractivity contribution in [2.45, 2.75) is 13.0 Å². The van der Waals surface area contributed by atoms with Crippen molar-refractivity contribution in [3.63, 3.8) is 0 Å². The number of likely N-dealkylation sites (N-methyl/N-ethyl adjacent to an activating group) is 1. The second kappa shape index (κ2) is 5.98. The van der Waals surface area contributed by atoms with Gasteiger partial charge in [-0.05, 0) is 24.2 Å². The Hall–Kier alpha value is -1.39. The van der Waals surface area contributed by atoms with E-state index in [0.717, 1.165) is 26.2 Å². The van der Waals surface area contributed by atoms with Crippen LogP contribution in [0.25, 0.3) is 0 Å². The first-order valence-electron chi connectivity index (χ1n) is 6.39. The van der Waals surface area contributed by atoms with Gasteiger partial charge < -0.3 is 10.1 Å². The number of esters is 1. The van der Waals surface area contributed by atoms with E-state index in [2.05, 4.69) is 17.1 Å². The van der Waals surface area contributed by atoms with Gasteiger partial charge in [-0.1, -0.05) is 19.1 Å². The molecule has 0 bridgehead atoms. The molecule has 1 atom stereocenters. The van der Waals surface area contributed by atoms with Crippen molar-refractivity contribution in [1.82, 2.24) is 10.2 Å². The van der Waals surface area contributed by atoms with E-state index in [9.17, 15) is 4.79 Å². The zero-order valence-electron chi connectivity index (χ0n) is 11.0. The fourth-order valence-corrected chi connectivity index (χ4v) is 2.41. The zero-order valence-corrected chi connectivity index (χ0v) is 11.0. The van der Waals surface area contributed by atoms with Gasteiger partial charge in [0.15, 0.2) is 0 Å². The molecule has 1 aliphatic rings. The molecule has 2 rings (SSSR count). The minimum Gasteiger partial charge on any atom is -0.465 e. The summed E-state index contributed by atoms with van der Waals surface area (Å²) < 4.78 is 4.70. The minimum absolute atomic E-state index is 0.282. The van der Waals surface area contributed by atoms with Crippen LogP contribution in [0.4, 0.5) is 0 Å². The highest BCUT2D eigenvalue weighted by Crippen LogP contribution is 2.22. The van der Waals surface area contributed by atoms with Crippen LogP contribution in [0.3, 0.4) is 0 Å². The number of rotatable bonds is 3. The smallest absolute Gasteiger partial charge is 0.337 e. The van der Waals surface area contributed by atoms with Crippen LogP contribution in [0, 0.1) is 0 Å². The quantitative estimate of drug-likeness (QED) is 0.822. The largest absolute Gasteiger partial charge is 0.465 e. The molecule has 1 aliphatic heterocycles. The lowest BCUT2D eigenvalue weighted by atomic mass is 10.0. The number of piperazine rings is 1. The molecule has 4 nitrogen and oxygen atoms in total. The molecule has 1 N–H and O–H groups in total. The second-order valence-corrected chi connectivity index (χ2v) is 4.46. The number of nitrogens with one attached hydrogen (secondary N) is 1. The maximum atomic E-state index is 11.4. The molecule has 0 amide bonds. The number of hydrogen-bond donors (Lipinski definition) is 1. The second-order valence-electron chi connectivity index (χ2n) is 4.46. The highest BCUT2D eigenvalue weighted by Gasteiger charge is 2.22. The van der Waals surface area contributed by atoms with Gasteiger partial charge in [0, 0.05) is 25.7 Å². The molecule has 1 fully saturated rings. The molecule has 0 aliphatic carbocycles. The predicted octanol–water partition coefficient (Wildman–Crippen LogP) is 1.44. The van der Waals surface area contributed by atoms with Gasteiger partial charge in [-0.3, -0.25) is 4.90 Å². The van der Waals surface area contributed by atoms with Gasteiger partial charge in [0.2, 0.25) is 0 Å². The van der Waals surface area contributed by atoms with Crippen molar-refractivity contribution in [3.05, 3.63) is 35.4 Å². The molecular formula is C14H20N2O2. The van der Waals surface area contributed by atoms with Crippen LogP contribution in [-0.2, 0) is 4.74 Å². The summed E-state index contributed by atoms with van der Waals surface area (Å²) in [6.07, 6.45) is 0. The van der Waals surface area contributed by atoms with Crippen LogP contribution in [0.15, 0.2) is 24.3 Å². The number of nitrogens with zero attached hydrogens (tertiary/aromatic N) is 1. The Morgan fingerprint density at radius 1 is 1.44 bits per heavy atom. The van der Waals surface area contributed by atoms with E-state index in [4.69, 9.17) is 4.74 Å². The SMILES string of the molecule is CCN1CCNCC1c1ccc(C(=O)OC)cc1. The molecule has 98 valence electrons.